The minimum absolute atomic E-state index is 1.50. The molecule has 0 aliphatic heterocycles. The third-order valence-corrected chi connectivity index (χ3v) is 0.604. The molecule has 0 atom stereocenters. The van der Waals surface area contributed by atoms with Crippen molar-refractivity contribution in [3.8, 4) is 11.8 Å². The summed E-state index contributed by atoms with van der Waals surface area (Å²) in [5.41, 5.74) is 0. The lowest BCUT2D eigenvalue weighted by atomic mass is 10.7. The van der Waals surface area contributed by atoms with Gasteiger partial charge >= 0.3 is 0 Å². The number of hydrogen-bond donors (Lipinski definition) is 0. The van der Waals surface area contributed by atoms with Gasteiger partial charge in [-0.15, -0.1) is 18.4 Å². The van der Waals surface area contributed by atoms with E-state index in [0.29, 0.717) is 0 Å². The van der Waals surface area contributed by atoms with E-state index >= 15 is 0 Å². The van der Waals surface area contributed by atoms with Crippen LogP contribution in [0, 0.1) is 11.8 Å². The van der Waals surface area contributed by atoms with Crippen LogP contribution in [-0.2, 0) is 0 Å². The Morgan fingerprint density at radius 2 is 1.00 bits per heavy atom. The number of rotatable bonds is 0. The van der Waals surface area contributed by atoms with E-state index < -0.39 is 0 Å². The molecule has 86 valence electrons. The van der Waals surface area contributed by atoms with Crippen molar-refractivity contribution in [3.63, 3.8) is 0 Å². The molecule has 1 fully saturated rings. The maximum Gasteiger partial charge on any atom is -0.00271 e. The predicted octanol–water partition coefficient (Wildman–Crippen LogP) is 5.44. The lowest BCUT2D eigenvalue weighted by Crippen LogP contribution is -1.28. The highest BCUT2D eigenvalue weighted by atomic mass is 14.0. The van der Waals surface area contributed by atoms with Crippen LogP contribution < -0.4 is 0 Å². The van der Waals surface area contributed by atoms with E-state index in [1.54, 1.807) is 6.08 Å². The van der Waals surface area contributed by atoms with Gasteiger partial charge in [-0.05, 0) is 20.8 Å². The fourth-order valence-electron chi connectivity index (χ4n) is 0. The topological polar surface area (TPSA) is 0 Å². The van der Waals surface area contributed by atoms with E-state index in [0.717, 1.165) is 0 Å². The Bertz CT molecular complexity index is 90.2. The summed E-state index contributed by atoms with van der Waals surface area (Å²) in [6.07, 6.45) is 6.25. The first-order chi connectivity index (χ1) is 6.83. The molecule has 0 nitrogen and oxygen atoms in total. The van der Waals surface area contributed by atoms with Crippen molar-refractivity contribution < 1.29 is 0 Å². The van der Waals surface area contributed by atoms with Crippen molar-refractivity contribution in [1.29, 1.82) is 0 Å². The van der Waals surface area contributed by atoms with E-state index in [1.807, 2.05) is 48.5 Å². The van der Waals surface area contributed by atoms with Gasteiger partial charge in [-0.3, -0.25) is 0 Å². The van der Waals surface area contributed by atoms with Crippen molar-refractivity contribution in [3.05, 3.63) is 12.7 Å². The first kappa shape index (κ1) is 23.3. The number of hydrogen-bond acceptors (Lipinski definition) is 0. The van der Waals surface area contributed by atoms with Crippen LogP contribution in [0.3, 0.4) is 0 Å². The third kappa shape index (κ3) is 709. The molecule has 1 rings (SSSR count). The van der Waals surface area contributed by atoms with E-state index in [2.05, 4.69) is 18.4 Å². The van der Waals surface area contributed by atoms with Gasteiger partial charge in [-0.2, -0.15) is 0 Å². The molecule has 0 aromatic rings. The van der Waals surface area contributed by atoms with Crippen LogP contribution in [0.25, 0.3) is 0 Å². The quantitative estimate of drug-likeness (QED) is 0.359. The zero-order valence-electron chi connectivity index (χ0n) is 11.4. The minimum Gasteiger partial charge on any atom is -0.107 e. The molecule has 0 N–H and O–H groups in total. The molecule has 0 amide bonds. The lowest BCUT2D eigenvalue weighted by Gasteiger charge is -1.40. The SMILES string of the molecule is C1CC1.C=CC.CC.CC.CC#CC. The highest BCUT2D eigenvalue weighted by Crippen LogP contribution is 2.14. The summed E-state index contributed by atoms with van der Waals surface area (Å²) >= 11 is 0. The van der Waals surface area contributed by atoms with E-state index in [4.69, 9.17) is 0 Å². The Labute approximate surface area is 92.8 Å². The molecular weight excluding hydrogens is 168 g/mol. The van der Waals surface area contributed by atoms with Gasteiger partial charge in [0.15, 0.2) is 0 Å². The summed E-state index contributed by atoms with van der Waals surface area (Å²) in [6, 6.07) is 0. The van der Waals surface area contributed by atoms with Gasteiger partial charge in [0.25, 0.3) is 0 Å². The molecule has 1 aliphatic carbocycles. The molecule has 0 saturated heterocycles. The first-order valence-electron chi connectivity index (χ1n) is 5.74. The molecule has 0 aromatic carbocycles. The van der Waals surface area contributed by atoms with Crippen molar-refractivity contribution in [2.24, 2.45) is 0 Å². The summed E-state index contributed by atoms with van der Waals surface area (Å²) in [5, 5.41) is 0. The maximum atomic E-state index is 3.36. The van der Waals surface area contributed by atoms with Crippen LogP contribution in [-0.4, -0.2) is 0 Å². The van der Waals surface area contributed by atoms with Crippen LogP contribution >= 0.6 is 0 Å². The standard InChI is InChI=1S/C4H6.2C3H6.2C2H6/c1-3-4-2;1-2-3-1;1-3-2;2*1-2/h1-2H3;1-3H2;3H,1H2,2H3;2*1-2H3. The summed E-state index contributed by atoms with van der Waals surface area (Å²) in [6.45, 7) is 16.9. The van der Waals surface area contributed by atoms with Crippen molar-refractivity contribution in [2.45, 2.75) is 67.7 Å². The van der Waals surface area contributed by atoms with Gasteiger partial charge in [-0.1, -0.05) is 53.0 Å². The molecule has 0 heterocycles. The van der Waals surface area contributed by atoms with Gasteiger partial charge in [0, 0.05) is 0 Å². The largest absolute Gasteiger partial charge is 0.107 e. The molecule has 0 heteroatoms. The maximum absolute atomic E-state index is 3.36. The normalized spacial score (nSPS) is 7.93. The van der Waals surface area contributed by atoms with Gasteiger partial charge in [0.2, 0.25) is 0 Å². The Morgan fingerprint density at radius 3 is 1.00 bits per heavy atom. The highest BCUT2D eigenvalue weighted by molar-refractivity contribution is 4.89. The van der Waals surface area contributed by atoms with Crippen LogP contribution in [0.1, 0.15) is 67.7 Å². The van der Waals surface area contributed by atoms with Crippen molar-refractivity contribution >= 4 is 0 Å². The molecule has 1 saturated carbocycles. The molecule has 0 spiro atoms. The van der Waals surface area contributed by atoms with Crippen molar-refractivity contribution in [1.82, 2.24) is 0 Å². The van der Waals surface area contributed by atoms with E-state index in [-0.39, 0.29) is 0 Å². The molecule has 14 heavy (non-hydrogen) atoms. The highest BCUT2D eigenvalue weighted by Gasteiger charge is 1.95. The Kier molecular flexibility index (Phi) is 92.9. The van der Waals surface area contributed by atoms with Crippen LogP contribution in [0.2, 0.25) is 0 Å². The van der Waals surface area contributed by atoms with Crippen LogP contribution in [0.4, 0.5) is 0 Å². The molecule has 0 bridgehead atoms. The van der Waals surface area contributed by atoms with Crippen LogP contribution in [0.5, 0.6) is 0 Å². The fourth-order valence-corrected chi connectivity index (χ4v) is 0. The Hall–Kier alpha value is -0.700. The first-order valence-corrected chi connectivity index (χ1v) is 5.74. The van der Waals surface area contributed by atoms with Gasteiger partial charge in [-0.25, -0.2) is 0 Å². The zero-order valence-corrected chi connectivity index (χ0v) is 11.4. The molecule has 1 aliphatic rings. The average Bonchev–Trinajstić information content (AvgIpc) is 3.12. The van der Waals surface area contributed by atoms with Crippen molar-refractivity contribution in [2.75, 3.05) is 0 Å². The van der Waals surface area contributed by atoms with Gasteiger partial charge in [0.05, 0.1) is 0 Å². The van der Waals surface area contributed by atoms with Gasteiger partial charge in [0.1, 0.15) is 0 Å². The molecule has 0 aromatic heterocycles. The Balaban J connectivity index is -0.0000000461. The number of allylic oxidation sites excluding steroid dienone is 1. The second kappa shape index (κ2) is 55.9. The lowest BCUT2D eigenvalue weighted by molar-refractivity contribution is 1.50. The second-order valence-electron chi connectivity index (χ2n) is 1.97. The van der Waals surface area contributed by atoms with E-state index in [1.165, 1.54) is 19.3 Å². The monoisotopic (exact) mass is 198 g/mol. The molecule has 0 unspecified atom stereocenters. The third-order valence-electron chi connectivity index (χ3n) is 0.604. The smallest absolute Gasteiger partial charge is 0.00271 e. The second-order valence-corrected chi connectivity index (χ2v) is 1.97. The summed E-state index contributed by atoms with van der Waals surface area (Å²) in [5.74, 6) is 5.36. The Morgan fingerprint density at radius 1 is 0.857 bits per heavy atom. The molecular formula is C14H30. The zero-order chi connectivity index (χ0) is 12.2. The van der Waals surface area contributed by atoms with E-state index in [9.17, 15) is 0 Å². The molecule has 0 radical (unpaired) electrons. The summed E-state index contributed by atoms with van der Waals surface area (Å²) in [4.78, 5) is 0. The average molecular weight is 198 g/mol. The fraction of sp³-hybridized carbons (Fsp3) is 0.714. The van der Waals surface area contributed by atoms with Crippen LogP contribution in [0.15, 0.2) is 12.7 Å². The summed E-state index contributed by atoms with van der Waals surface area (Å²) in [7, 11) is 0. The predicted molar refractivity (Wildman–Crippen MR) is 71.5 cm³/mol. The summed E-state index contributed by atoms with van der Waals surface area (Å²) < 4.78 is 0. The van der Waals surface area contributed by atoms with Gasteiger partial charge < -0.3 is 0 Å². The minimum atomic E-state index is 1.50.